The molecule has 1 aromatic heterocycles. The number of aliphatic hydroxyl groups is 1. The molecule has 0 saturated heterocycles. The van der Waals surface area contributed by atoms with Crippen molar-refractivity contribution in [1.29, 1.82) is 5.26 Å². The van der Waals surface area contributed by atoms with Crippen molar-refractivity contribution in [1.82, 2.24) is 9.97 Å². The molecule has 0 aliphatic heterocycles. The summed E-state index contributed by atoms with van der Waals surface area (Å²) in [6.45, 7) is 3.56. The van der Waals surface area contributed by atoms with Crippen molar-refractivity contribution in [2.24, 2.45) is 0 Å². The van der Waals surface area contributed by atoms with Gasteiger partial charge in [-0.1, -0.05) is 12.1 Å². The van der Waals surface area contributed by atoms with E-state index in [1.165, 1.54) is 6.92 Å². The molecular formula is C22H21N3O5. The standard InChI is InChI=1S/C22H21N3O5/c1-3-28-15-8-10-16(11-9-15)29-13-20(26)30-14(2)21(27)17(12-23)22-24-18-6-4-5-7-19(18)25-22/h4-11,14,27H,3,13H2,1-2H3,(H,24,25)/b21-17-/t14-/m1/s1. The number of esters is 1. The van der Waals surface area contributed by atoms with Crippen LogP contribution in [0.2, 0.25) is 0 Å². The van der Waals surface area contributed by atoms with Gasteiger partial charge in [-0.25, -0.2) is 9.78 Å². The van der Waals surface area contributed by atoms with Gasteiger partial charge in [0.2, 0.25) is 0 Å². The Morgan fingerprint density at radius 3 is 2.47 bits per heavy atom. The van der Waals surface area contributed by atoms with Gasteiger partial charge in [-0.05, 0) is 50.2 Å². The van der Waals surface area contributed by atoms with Crippen LogP contribution in [0.5, 0.6) is 11.5 Å². The summed E-state index contributed by atoms with van der Waals surface area (Å²) < 4.78 is 15.9. The Balaban J connectivity index is 1.63. The normalized spacial score (nSPS) is 12.6. The van der Waals surface area contributed by atoms with E-state index in [0.29, 0.717) is 23.6 Å². The number of hydrogen-bond donors (Lipinski definition) is 2. The van der Waals surface area contributed by atoms with Crippen molar-refractivity contribution < 1.29 is 24.1 Å². The van der Waals surface area contributed by atoms with Gasteiger partial charge in [-0.2, -0.15) is 5.26 Å². The third-order valence-electron chi connectivity index (χ3n) is 4.18. The molecule has 2 N–H and O–H groups in total. The number of aromatic nitrogens is 2. The summed E-state index contributed by atoms with van der Waals surface area (Å²) in [6, 6.07) is 15.9. The molecule has 0 aliphatic rings. The zero-order valence-corrected chi connectivity index (χ0v) is 16.6. The fourth-order valence-corrected chi connectivity index (χ4v) is 2.73. The summed E-state index contributed by atoms with van der Waals surface area (Å²) in [5, 5.41) is 19.9. The van der Waals surface area contributed by atoms with Gasteiger partial charge in [-0.3, -0.25) is 0 Å². The Hall–Kier alpha value is -3.99. The van der Waals surface area contributed by atoms with Gasteiger partial charge in [0.05, 0.1) is 17.6 Å². The summed E-state index contributed by atoms with van der Waals surface area (Å²) >= 11 is 0. The molecule has 0 radical (unpaired) electrons. The molecule has 3 rings (SSSR count). The number of carbonyl (C=O) groups excluding carboxylic acids is 1. The Morgan fingerprint density at radius 2 is 1.83 bits per heavy atom. The Bertz CT molecular complexity index is 1060. The molecule has 8 heteroatoms. The van der Waals surface area contributed by atoms with Gasteiger partial charge in [-0.15, -0.1) is 0 Å². The van der Waals surface area contributed by atoms with E-state index in [9.17, 15) is 15.2 Å². The summed E-state index contributed by atoms with van der Waals surface area (Å²) in [5.41, 5.74) is 1.28. The monoisotopic (exact) mass is 407 g/mol. The van der Waals surface area contributed by atoms with E-state index in [-0.39, 0.29) is 18.0 Å². The highest BCUT2D eigenvalue weighted by Gasteiger charge is 2.21. The van der Waals surface area contributed by atoms with Crippen LogP contribution < -0.4 is 9.47 Å². The number of allylic oxidation sites excluding steroid dienone is 1. The number of nitriles is 1. The number of aromatic amines is 1. The number of nitrogens with one attached hydrogen (secondary N) is 1. The highest BCUT2D eigenvalue weighted by molar-refractivity contribution is 5.83. The van der Waals surface area contributed by atoms with Crippen LogP contribution in [0, 0.1) is 11.3 Å². The number of carbonyl (C=O) groups is 1. The second-order valence-electron chi connectivity index (χ2n) is 6.30. The number of benzene rings is 2. The molecule has 0 spiro atoms. The highest BCUT2D eigenvalue weighted by Crippen LogP contribution is 2.21. The maximum atomic E-state index is 12.1. The molecule has 30 heavy (non-hydrogen) atoms. The number of aliphatic hydroxyl groups excluding tert-OH is 1. The van der Waals surface area contributed by atoms with Crippen LogP contribution in [-0.4, -0.2) is 40.4 Å². The lowest BCUT2D eigenvalue weighted by atomic mass is 10.2. The lowest BCUT2D eigenvalue weighted by Crippen LogP contribution is -2.23. The van der Waals surface area contributed by atoms with Crippen molar-refractivity contribution in [3.8, 4) is 17.6 Å². The van der Waals surface area contributed by atoms with Crippen LogP contribution >= 0.6 is 0 Å². The van der Waals surface area contributed by atoms with E-state index in [4.69, 9.17) is 14.2 Å². The van der Waals surface area contributed by atoms with Gasteiger partial charge in [0.15, 0.2) is 24.3 Å². The molecule has 1 heterocycles. The average Bonchev–Trinajstić information content (AvgIpc) is 3.17. The molecule has 0 unspecified atom stereocenters. The van der Waals surface area contributed by atoms with Crippen LogP contribution in [0.15, 0.2) is 54.3 Å². The molecule has 8 nitrogen and oxygen atoms in total. The van der Waals surface area contributed by atoms with E-state index in [1.54, 1.807) is 36.4 Å². The highest BCUT2D eigenvalue weighted by atomic mass is 16.6. The van der Waals surface area contributed by atoms with Crippen LogP contribution in [-0.2, 0) is 9.53 Å². The number of ether oxygens (including phenoxy) is 3. The van der Waals surface area contributed by atoms with Crippen molar-refractivity contribution in [2.75, 3.05) is 13.2 Å². The first kappa shape index (κ1) is 20.7. The number of nitrogens with zero attached hydrogens (tertiary/aromatic N) is 2. The number of H-pyrrole nitrogens is 1. The Kier molecular flexibility index (Phi) is 6.55. The molecule has 0 fully saturated rings. The fraction of sp³-hybridized carbons (Fsp3) is 0.227. The maximum Gasteiger partial charge on any atom is 0.344 e. The molecule has 154 valence electrons. The maximum absolute atomic E-state index is 12.1. The molecule has 0 amide bonds. The van der Waals surface area contributed by atoms with E-state index >= 15 is 0 Å². The minimum atomic E-state index is -1.05. The predicted molar refractivity (Wildman–Crippen MR) is 110 cm³/mol. The molecule has 0 aliphatic carbocycles. The number of fused-ring (bicyclic) bond motifs is 1. The Morgan fingerprint density at radius 1 is 1.17 bits per heavy atom. The first-order chi connectivity index (χ1) is 14.5. The number of para-hydroxylation sites is 2. The molecule has 2 aromatic carbocycles. The third-order valence-corrected chi connectivity index (χ3v) is 4.18. The van der Waals surface area contributed by atoms with Crippen molar-refractivity contribution >= 4 is 22.6 Å². The summed E-state index contributed by atoms with van der Waals surface area (Å²) in [6.07, 6.45) is -1.05. The zero-order valence-electron chi connectivity index (χ0n) is 16.6. The number of hydrogen-bond acceptors (Lipinski definition) is 7. The second kappa shape index (κ2) is 9.47. The van der Waals surface area contributed by atoms with Gasteiger partial charge >= 0.3 is 5.97 Å². The first-order valence-corrected chi connectivity index (χ1v) is 9.35. The largest absolute Gasteiger partial charge is 0.507 e. The zero-order chi connectivity index (χ0) is 21.5. The van der Waals surface area contributed by atoms with E-state index < -0.39 is 17.8 Å². The lowest BCUT2D eigenvalue weighted by molar-refractivity contribution is -0.150. The van der Waals surface area contributed by atoms with Crippen molar-refractivity contribution in [3.05, 3.63) is 60.1 Å². The minimum Gasteiger partial charge on any atom is -0.507 e. The number of rotatable bonds is 8. The molecule has 3 aromatic rings. The van der Waals surface area contributed by atoms with Gasteiger partial charge in [0, 0.05) is 0 Å². The van der Waals surface area contributed by atoms with Gasteiger partial charge in [0.1, 0.15) is 23.1 Å². The summed E-state index contributed by atoms with van der Waals surface area (Å²) in [5.74, 6) is 0.286. The third kappa shape index (κ3) is 4.89. The van der Waals surface area contributed by atoms with E-state index in [1.807, 2.05) is 25.1 Å². The van der Waals surface area contributed by atoms with Crippen LogP contribution in [0.25, 0.3) is 16.6 Å². The van der Waals surface area contributed by atoms with E-state index in [2.05, 4.69) is 9.97 Å². The van der Waals surface area contributed by atoms with Crippen LogP contribution in [0.3, 0.4) is 0 Å². The first-order valence-electron chi connectivity index (χ1n) is 9.35. The Labute approximate surface area is 173 Å². The summed E-state index contributed by atoms with van der Waals surface area (Å²) in [7, 11) is 0. The van der Waals surface area contributed by atoms with Gasteiger partial charge in [0.25, 0.3) is 0 Å². The molecule has 0 bridgehead atoms. The summed E-state index contributed by atoms with van der Waals surface area (Å²) in [4.78, 5) is 19.3. The molecule has 0 saturated carbocycles. The van der Waals surface area contributed by atoms with Gasteiger partial charge < -0.3 is 24.3 Å². The van der Waals surface area contributed by atoms with E-state index in [0.717, 1.165) is 5.52 Å². The lowest BCUT2D eigenvalue weighted by Gasteiger charge is -2.14. The van der Waals surface area contributed by atoms with Crippen LogP contribution in [0.4, 0.5) is 0 Å². The molecule has 1 atom stereocenters. The quantitative estimate of drug-likeness (QED) is 0.332. The fourth-order valence-electron chi connectivity index (χ4n) is 2.73. The number of imidazole rings is 1. The van der Waals surface area contributed by atoms with Crippen molar-refractivity contribution in [2.45, 2.75) is 20.0 Å². The second-order valence-corrected chi connectivity index (χ2v) is 6.30. The minimum absolute atomic E-state index is 0.0982. The predicted octanol–water partition coefficient (Wildman–Crippen LogP) is 3.76. The SMILES string of the molecule is CCOc1ccc(OCC(=O)O[C@H](C)/C(O)=C(\C#N)c2nc3ccccc3[nH]2)cc1. The smallest absolute Gasteiger partial charge is 0.344 e. The topological polar surface area (TPSA) is 117 Å². The van der Waals surface area contributed by atoms with Crippen LogP contribution in [0.1, 0.15) is 19.7 Å². The van der Waals surface area contributed by atoms with Crippen molar-refractivity contribution in [3.63, 3.8) is 0 Å². The molecular weight excluding hydrogens is 386 g/mol. The average molecular weight is 407 g/mol.